The highest BCUT2D eigenvalue weighted by Crippen LogP contribution is 2.29. The number of hydrogen-bond donors (Lipinski definition) is 0. The highest BCUT2D eigenvalue weighted by molar-refractivity contribution is 5.87. The zero-order valence-electron chi connectivity index (χ0n) is 20.3. The molecule has 0 bridgehead atoms. The summed E-state index contributed by atoms with van der Waals surface area (Å²) >= 11 is 0. The third-order valence-corrected chi connectivity index (χ3v) is 5.60. The molecule has 3 heterocycles. The first-order chi connectivity index (χ1) is 16.0. The minimum Gasteiger partial charge on any atom is -0.443 e. The van der Waals surface area contributed by atoms with Crippen molar-refractivity contribution in [1.29, 1.82) is 0 Å². The average Bonchev–Trinajstić information content (AvgIpc) is 3.04. The second kappa shape index (κ2) is 11.6. The molecular formula is C24H36F3N3O4. The summed E-state index contributed by atoms with van der Waals surface area (Å²) in [7, 11) is 0. The Kier molecular flexibility index (Phi) is 9.03. The number of alkyl halides is 3. The number of nitrogens with zero attached hydrogens (tertiary/aromatic N) is 3. The van der Waals surface area contributed by atoms with Crippen LogP contribution >= 0.6 is 0 Å². The van der Waals surface area contributed by atoms with Gasteiger partial charge in [0, 0.05) is 31.5 Å². The zero-order valence-corrected chi connectivity index (χ0v) is 20.3. The first-order valence-corrected chi connectivity index (χ1v) is 12.1. The van der Waals surface area contributed by atoms with Crippen LogP contribution in [0.5, 0.6) is 0 Å². The normalized spacial score (nSPS) is 20.1. The molecule has 2 aliphatic rings. The van der Waals surface area contributed by atoms with Crippen molar-refractivity contribution < 1.29 is 32.2 Å². The van der Waals surface area contributed by atoms with Gasteiger partial charge in [-0.25, -0.2) is 9.78 Å². The summed E-state index contributed by atoms with van der Waals surface area (Å²) in [6.45, 7) is 5.62. The SMILES string of the molecule is CC(C)(C)OC(=O)N(CC(F)(F)F)c1cc(N2CCCCCC2)cc(COC2CCCCO2)n1. The predicted molar refractivity (Wildman–Crippen MR) is 123 cm³/mol. The van der Waals surface area contributed by atoms with E-state index in [1.54, 1.807) is 26.8 Å². The molecule has 0 aromatic carbocycles. The van der Waals surface area contributed by atoms with Gasteiger partial charge >= 0.3 is 12.3 Å². The molecule has 1 amide bonds. The van der Waals surface area contributed by atoms with Gasteiger partial charge in [-0.3, -0.25) is 4.90 Å². The maximum Gasteiger partial charge on any atom is 0.416 e. The molecule has 10 heteroatoms. The van der Waals surface area contributed by atoms with Gasteiger partial charge in [-0.1, -0.05) is 12.8 Å². The Labute approximate surface area is 199 Å². The minimum atomic E-state index is -4.62. The van der Waals surface area contributed by atoms with E-state index in [4.69, 9.17) is 14.2 Å². The van der Waals surface area contributed by atoms with Crippen LogP contribution in [0, 0.1) is 0 Å². The molecule has 0 saturated carbocycles. The van der Waals surface area contributed by atoms with Crippen LogP contribution in [0.1, 0.15) is 71.4 Å². The van der Waals surface area contributed by atoms with E-state index in [-0.39, 0.29) is 18.7 Å². The quantitative estimate of drug-likeness (QED) is 0.505. The number of hydrogen-bond acceptors (Lipinski definition) is 6. The van der Waals surface area contributed by atoms with Crippen LogP contribution in [0.3, 0.4) is 0 Å². The highest BCUT2D eigenvalue weighted by Gasteiger charge is 2.37. The number of ether oxygens (including phenoxy) is 3. The largest absolute Gasteiger partial charge is 0.443 e. The molecule has 2 aliphatic heterocycles. The van der Waals surface area contributed by atoms with Crippen molar-refractivity contribution in [3.63, 3.8) is 0 Å². The zero-order chi connectivity index (χ0) is 24.8. The topological polar surface area (TPSA) is 64.1 Å². The summed E-state index contributed by atoms with van der Waals surface area (Å²) < 4.78 is 57.1. The van der Waals surface area contributed by atoms with Gasteiger partial charge in [-0.05, 0) is 58.9 Å². The third-order valence-electron chi connectivity index (χ3n) is 5.60. The monoisotopic (exact) mass is 487 g/mol. The second-order valence-corrected chi connectivity index (χ2v) is 9.86. The standard InChI is InChI=1S/C24H36F3N3O4/c1-23(2,3)34-22(31)30(17-24(25,26)27)20-15-19(29-11-7-4-5-8-12-29)14-18(28-20)16-33-21-10-6-9-13-32-21/h14-15,21H,4-13,16-17H2,1-3H3. The van der Waals surface area contributed by atoms with E-state index in [1.165, 1.54) is 0 Å². The first-order valence-electron chi connectivity index (χ1n) is 12.1. The maximum atomic E-state index is 13.5. The molecule has 1 unspecified atom stereocenters. The fourth-order valence-electron chi connectivity index (χ4n) is 4.04. The average molecular weight is 488 g/mol. The van der Waals surface area contributed by atoms with Gasteiger partial charge in [-0.15, -0.1) is 0 Å². The van der Waals surface area contributed by atoms with Gasteiger partial charge < -0.3 is 19.1 Å². The van der Waals surface area contributed by atoms with Crippen molar-refractivity contribution in [1.82, 2.24) is 4.98 Å². The van der Waals surface area contributed by atoms with Gasteiger partial charge in [0.25, 0.3) is 0 Å². The Morgan fingerprint density at radius 2 is 1.82 bits per heavy atom. The number of aromatic nitrogens is 1. The van der Waals surface area contributed by atoms with Crippen LogP contribution in [0.4, 0.5) is 29.5 Å². The van der Waals surface area contributed by atoms with Crippen molar-refractivity contribution in [2.75, 3.05) is 36.0 Å². The van der Waals surface area contributed by atoms with Gasteiger partial charge in [0.2, 0.25) is 0 Å². The van der Waals surface area contributed by atoms with Crippen molar-refractivity contribution in [2.45, 2.75) is 90.4 Å². The molecular weight excluding hydrogens is 451 g/mol. The summed E-state index contributed by atoms with van der Waals surface area (Å²) in [6.07, 6.45) is 0.884. The van der Waals surface area contributed by atoms with Crippen molar-refractivity contribution in [3.8, 4) is 0 Å². The van der Waals surface area contributed by atoms with E-state index in [9.17, 15) is 18.0 Å². The Bertz CT molecular complexity index is 800. The summed E-state index contributed by atoms with van der Waals surface area (Å²) in [5.74, 6) is -0.100. The Balaban J connectivity index is 1.93. The van der Waals surface area contributed by atoms with E-state index < -0.39 is 24.4 Å². The molecule has 0 spiro atoms. The highest BCUT2D eigenvalue weighted by atomic mass is 19.4. The molecule has 1 atom stereocenters. The molecule has 7 nitrogen and oxygen atoms in total. The molecule has 1 aromatic rings. The van der Waals surface area contributed by atoms with Crippen LogP contribution < -0.4 is 9.80 Å². The molecule has 0 N–H and O–H groups in total. The summed E-state index contributed by atoms with van der Waals surface area (Å²) in [5, 5.41) is 0. The molecule has 192 valence electrons. The number of rotatable bonds is 6. The van der Waals surface area contributed by atoms with Crippen LogP contribution in [0.2, 0.25) is 0 Å². The number of carbonyl (C=O) groups excluding carboxylic acids is 1. The van der Waals surface area contributed by atoms with Crippen LogP contribution in [0.15, 0.2) is 12.1 Å². The van der Waals surface area contributed by atoms with Crippen molar-refractivity contribution in [2.24, 2.45) is 0 Å². The van der Waals surface area contributed by atoms with E-state index in [0.717, 1.165) is 63.7 Å². The van der Waals surface area contributed by atoms with Gasteiger partial charge in [0.15, 0.2) is 6.29 Å². The molecule has 2 fully saturated rings. The number of amides is 1. The Hall–Kier alpha value is -2.07. The van der Waals surface area contributed by atoms with E-state index in [0.29, 0.717) is 17.2 Å². The lowest BCUT2D eigenvalue weighted by molar-refractivity contribution is -0.169. The maximum absolute atomic E-state index is 13.5. The van der Waals surface area contributed by atoms with Crippen LogP contribution in [0.25, 0.3) is 0 Å². The number of pyridine rings is 1. The smallest absolute Gasteiger partial charge is 0.416 e. The van der Waals surface area contributed by atoms with E-state index in [1.807, 2.05) is 6.07 Å². The molecule has 0 radical (unpaired) electrons. The summed E-state index contributed by atoms with van der Waals surface area (Å²) in [4.78, 5) is 19.9. The lowest BCUT2D eigenvalue weighted by Crippen LogP contribution is -2.43. The summed E-state index contributed by atoms with van der Waals surface area (Å²) in [6, 6.07) is 3.38. The molecule has 3 rings (SSSR count). The minimum absolute atomic E-state index is 0.0769. The number of carbonyl (C=O) groups is 1. The van der Waals surface area contributed by atoms with Crippen molar-refractivity contribution in [3.05, 3.63) is 17.8 Å². The fourth-order valence-corrected chi connectivity index (χ4v) is 4.04. The van der Waals surface area contributed by atoms with Gasteiger partial charge in [-0.2, -0.15) is 13.2 Å². The molecule has 2 saturated heterocycles. The first kappa shape index (κ1) is 26.5. The predicted octanol–water partition coefficient (Wildman–Crippen LogP) is 5.81. The van der Waals surface area contributed by atoms with Crippen LogP contribution in [-0.4, -0.2) is 55.4 Å². The molecule has 1 aromatic heterocycles. The van der Waals surface area contributed by atoms with Gasteiger partial charge in [0.05, 0.1) is 12.3 Å². The lowest BCUT2D eigenvalue weighted by Gasteiger charge is -2.29. The van der Waals surface area contributed by atoms with E-state index in [2.05, 4.69) is 9.88 Å². The van der Waals surface area contributed by atoms with Gasteiger partial charge in [0.1, 0.15) is 18.0 Å². The number of halogens is 3. The molecule has 0 aliphatic carbocycles. The second-order valence-electron chi connectivity index (χ2n) is 9.86. The van der Waals surface area contributed by atoms with Crippen molar-refractivity contribution >= 4 is 17.6 Å². The van der Waals surface area contributed by atoms with Crippen LogP contribution in [-0.2, 0) is 20.8 Å². The lowest BCUT2D eigenvalue weighted by atomic mass is 10.2. The Morgan fingerprint density at radius 3 is 2.41 bits per heavy atom. The third kappa shape index (κ3) is 8.61. The fraction of sp³-hybridized carbons (Fsp3) is 0.750. The summed E-state index contributed by atoms with van der Waals surface area (Å²) in [5.41, 5.74) is 0.223. The molecule has 34 heavy (non-hydrogen) atoms. The number of anilines is 2. The Morgan fingerprint density at radius 1 is 1.12 bits per heavy atom. The van der Waals surface area contributed by atoms with E-state index >= 15 is 0 Å².